The molecule has 0 saturated carbocycles. The SMILES string of the molecule is Cc1nc(Sc2cc(F)cc(F)c2)ccc1N. The molecule has 0 radical (unpaired) electrons. The van der Waals surface area contributed by atoms with Gasteiger partial charge in [-0.25, -0.2) is 13.8 Å². The van der Waals surface area contributed by atoms with E-state index in [0.29, 0.717) is 21.3 Å². The average Bonchev–Trinajstić information content (AvgIpc) is 2.22. The summed E-state index contributed by atoms with van der Waals surface area (Å²) < 4.78 is 26.0. The first kappa shape index (κ1) is 11.9. The molecule has 0 aliphatic rings. The Hall–Kier alpha value is -1.62. The van der Waals surface area contributed by atoms with Crippen LogP contribution in [0.2, 0.25) is 0 Å². The van der Waals surface area contributed by atoms with Gasteiger partial charge in [-0.2, -0.15) is 0 Å². The molecule has 17 heavy (non-hydrogen) atoms. The maximum Gasteiger partial charge on any atom is 0.127 e. The van der Waals surface area contributed by atoms with E-state index in [0.717, 1.165) is 6.07 Å². The fourth-order valence-corrected chi connectivity index (χ4v) is 2.22. The van der Waals surface area contributed by atoms with Crippen LogP contribution in [0, 0.1) is 18.6 Å². The molecule has 2 rings (SSSR count). The van der Waals surface area contributed by atoms with E-state index in [2.05, 4.69) is 4.98 Å². The fourth-order valence-electron chi connectivity index (χ4n) is 1.31. The fraction of sp³-hybridized carbons (Fsp3) is 0.0833. The van der Waals surface area contributed by atoms with Gasteiger partial charge in [-0.3, -0.25) is 0 Å². The Balaban J connectivity index is 2.28. The molecule has 2 N–H and O–H groups in total. The van der Waals surface area contributed by atoms with Crippen molar-refractivity contribution in [2.75, 3.05) is 5.73 Å². The number of hydrogen-bond donors (Lipinski definition) is 1. The molecule has 5 heteroatoms. The summed E-state index contributed by atoms with van der Waals surface area (Å²) in [5.74, 6) is -1.20. The Kier molecular flexibility index (Phi) is 3.28. The van der Waals surface area contributed by atoms with Gasteiger partial charge in [0.25, 0.3) is 0 Å². The summed E-state index contributed by atoms with van der Waals surface area (Å²) in [7, 11) is 0. The van der Waals surface area contributed by atoms with Crippen LogP contribution in [0.5, 0.6) is 0 Å². The molecular formula is C12H10F2N2S. The van der Waals surface area contributed by atoms with Crippen molar-refractivity contribution in [2.45, 2.75) is 16.8 Å². The highest BCUT2D eigenvalue weighted by molar-refractivity contribution is 7.99. The van der Waals surface area contributed by atoms with E-state index in [1.807, 2.05) is 0 Å². The van der Waals surface area contributed by atoms with Gasteiger partial charge in [-0.05, 0) is 31.2 Å². The summed E-state index contributed by atoms with van der Waals surface area (Å²) in [4.78, 5) is 4.69. The molecule has 1 heterocycles. The smallest absolute Gasteiger partial charge is 0.127 e. The summed E-state index contributed by atoms with van der Waals surface area (Å²) in [6, 6.07) is 6.81. The number of nitrogens with two attached hydrogens (primary N) is 1. The van der Waals surface area contributed by atoms with Crippen LogP contribution >= 0.6 is 11.8 Å². The zero-order chi connectivity index (χ0) is 12.4. The predicted molar refractivity (Wildman–Crippen MR) is 63.9 cm³/mol. The minimum absolute atomic E-state index is 0.471. The van der Waals surface area contributed by atoms with E-state index in [4.69, 9.17) is 5.73 Å². The second kappa shape index (κ2) is 4.71. The van der Waals surface area contributed by atoms with Crippen molar-refractivity contribution >= 4 is 17.4 Å². The second-order valence-electron chi connectivity index (χ2n) is 3.53. The number of halogens is 2. The number of rotatable bonds is 2. The normalized spacial score (nSPS) is 10.5. The van der Waals surface area contributed by atoms with E-state index < -0.39 is 11.6 Å². The van der Waals surface area contributed by atoms with E-state index in [9.17, 15) is 8.78 Å². The van der Waals surface area contributed by atoms with Crippen LogP contribution in [0.15, 0.2) is 40.3 Å². The van der Waals surface area contributed by atoms with Gasteiger partial charge in [0.05, 0.1) is 11.4 Å². The van der Waals surface area contributed by atoms with Crippen molar-refractivity contribution in [1.82, 2.24) is 4.98 Å². The molecule has 0 spiro atoms. The third-order valence-electron chi connectivity index (χ3n) is 2.16. The molecule has 2 nitrogen and oxygen atoms in total. The number of nitrogens with zero attached hydrogens (tertiary/aromatic N) is 1. The van der Waals surface area contributed by atoms with Crippen LogP contribution in [0.4, 0.5) is 14.5 Å². The van der Waals surface area contributed by atoms with Crippen molar-refractivity contribution < 1.29 is 8.78 Å². The molecule has 0 bridgehead atoms. The van der Waals surface area contributed by atoms with E-state index in [-0.39, 0.29) is 0 Å². The first-order valence-electron chi connectivity index (χ1n) is 4.91. The van der Waals surface area contributed by atoms with E-state index >= 15 is 0 Å². The lowest BCUT2D eigenvalue weighted by molar-refractivity contribution is 0.577. The topological polar surface area (TPSA) is 38.9 Å². The summed E-state index contributed by atoms with van der Waals surface area (Å²) in [5, 5.41) is 0.654. The Morgan fingerprint density at radius 2 is 1.76 bits per heavy atom. The Labute approximate surface area is 102 Å². The summed E-state index contributed by atoms with van der Waals surface area (Å²) in [6.07, 6.45) is 0. The molecule has 2 aromatic rings. The monoisotopic (exact) mass is 252 g/mol. The Morgan fingerprint density at radius 1 is 1.12 bits per heavy atom. The maximum atomic E-state index is 13.0. The van der Waals surface area contributed by atoms with Gasteiger partial charge in [0, 0.05) is 11.0 Å². The van der Waals surface area contributed by atoms with Gasteiger partial charge >= 0.3 is 0 Å². The number of aryl methyl sites for hydroxylation is 1. The number of hydrogen-bond acceptors (Lipinski definition) is 3. The minimum atomic E-state index is -0.598. The number of pyridine rings is 1. The van der Waals surface area contributed by atoms with Gasteiger partial charge < -0.3 is 5.73 Å². The van der Waals surface area contributed by atoms with Crippen molar-refractivity contribution in [3.8, 4) is 0 Å². The number of nitrogen functional groups attached to an aromatic ring is 1. The first-order valence-corrected chi connectivity index (χ1v) is 5.73. The lowest BCUT2D eigenvalue weighted by atomic mass is 10.3. The van der Waals surface area contributed by atoms with Crippen LogP contribution in [0.25, 0.3) is 0 Å². The minimum Gasteiger partial charge on any atom is -0.397 e. The standard InChI is InChI=1S/C12H10F2N2S/c1-7-11(15)2-3-12(16-7)17-10-5-8(13)4-9(14)6-10/h2-6H,15H2,1H3. The highest BCUT2D eigenvalue weighted by Crippen LogP contribution is 2.28. The predicted octanol–water partition coefficient (Wildman–Crippen LogP) is 3.40. The van der Waals surface area contributed by atoms with Gasteiger partial charge in [-0.15, -0.1) is 0 Å². The van der Waals surface area contributed by atoms with Crippen LogP contribution in [-0.2, 0) is 0 Å². The third kappa shape index (κ3) is 2.94. The van der Waals surface area contributed by atoms with Crippen molar-refractivity contribution in [1.29, 1.82) is 0 Å². The average molecular weight is 252 g/mol. The van der Waals surface area contributed by atoms with E-state index in [1.54, 1.807) is 19.1 Å². The van der Waals surface area contributed by atoms with Gasteiger partial charge in [0.15, 0.2) is 0 Å². The Morgan fingerprint density at radius 3 is 2.35 bits per heavy atom. The summed E-state index contributed by atoms with van der Waals surface area (Å²) in [6.45, 7) is 1.78. The molecule has 0 saturated heterocycles. The van der Waals surface area contributed by atoms with Crippen molar-refractivity contribution in [2.24, 2.45) is 0 Å². The van der Waals surface area contributed by atoms with Crippen molar-refractivity contribution in [3.63, 3.8) is 0 Å². The molecule has 1 aromatic heterocycles. The number of benzene rings is 1. The molecule has 0 aliphatic carbocycles. The first-order chi connectivity index (χ1) is 8.04. The molecule has 0 aliphatic heterocycles. The lowest BCUT2D eigenvalue weighted by Gasteiger charge is -2.04. The maximum absolute atomic E-state index is 13.0. The molecule has 88 valence electrons. The van der Waals surface area contributed by atoms with Gasteiger partial charge in [0.1, 0.15) is 16.7 Å². The third-order valence-corrected chi connectivity index (χ3v) is 3.07. The van der Waals surface area contributed by atoms with Crippen LogP contribution in [0.1, 0.15) is 5.69 Å². The summed E-state index contributed by atoms with van der Waals surface area (Å²) in [5.41, 5.74) is 6.94. The Bertz CT molecular complexity index is 538. The van der Waals surface area contributed by atoms with Crippen LogP contribution in [-0.4, -0.2) is 4.98 Å². The molecule has 0 unspecified atom stereocenters. The van der Waals surface area contributed by atoms with Crippen LogP contribution in [0.3, 0.4) is 0 Å². The molecule has 0 fully saturated rings. The largest absolute Gasteiger partial charge is 0.397 e. The van der Waals surface area contributed by atoms with E-state index in [1.165, 1.54) is 23.9 Å². The molecule has 0 atom stereocenters. The number of anilines is 1. The van der Waals surface area contributed by atoms with Crippen molar-refractivity contribution in [3.05, 3.63) is 47.7 Å². The lowest BCUT2D eigenvalue weighted by Crippen LogP contribution is -1.93. The highest BCUT2D eigenvalue weighted by atomic mass is 32.2. The molecule has 0 amide bonds. The van der Waals surface area contributed by atoms with Crippen LogP contribution < -0.4 is 5.73 Å². The summed E-state index contributed by atoms with van der Waals surface area (Å²) >= 11 is 1.19. The second-order valence-corrected chi connectivity index (χ2v) is 4.63. The molecule has 1 aromatic carbocycles. The van der Waals surface area contributed by atoms with Gasteiger partial charge in [-0.1, -0.05) is 11.8 Å². The zero-order valence-electron chi connectivity index (χ0n) is 9.08. The molecular weight excluding hydrogens is 242 g/mol. The zero-order valence-corrected chi connectivity index (χ0v) is 9.89. The number of aromatic nitrogens is 1. The quantitative estimate of drug-likeness (QED) is 0.890. The highest BCUT2D eigenvalue weighted by Gasteiger charge is 2.05. The van der Waals surface area contributed by atoms with Gasteiger partial charge in [0.2, 0.25) is 0 Å².